The summed E-state index contributed by atoms with van der Waals surface area (Å²) in [5.41, 5.74) is 6.59. The largest absolute Gasteiger partial charge is 0.546 e. The molecule has 0 N–H and O–H groups in total. The van der Waals surface area contributed by atoms with E-state index in [0.29, 0.717) is 21.4 Å². The van der Waals surface area contributed by atoms with Crippen LogP contribution in [-0.2, 0) is 9.59 Å². The number of ether oxygens (including phenoxy) is 1. The molecule has 3 aromatic rings. The average Bonchev–Trinajstić information content (AvgIpc) is 3.12. The molecule has 0 aromatic heterocycles. The fourth-order valence-electron chi connectivity index (χ4n) is 3.56. The molecular formula is C28H25N2O4S-. The van der Waals surface area contributed by atoms with Crippen molar-refractivity contribution < 1.29 is 19.4 Å². The summed E-state index contributed by atoms with van der Waals surface area (Å²) in [6.45, 7) is 7.53. The van der Waals surface area contributed by atoms with Gasteiger partial charge in [0.05, 0.1) is 22.2 Å². The molecule has 0 unspecified atom stereocenters. The number of para-hydroxylation sites is 1. The van der Waals surface area contributed by atoms with Crippen molar-refractivity contribution in [2.24, 2.45) is 4.99 Å². The zero-order chi connectivity index (χ0) is 25.1. The Hall–Kier alpha value is -3.84. The van der Waals surface area contributed by atoms with Crippen LogP contribution in [0.4, 0.5) is 11.4 Å². The molecule has 0 radical (unpaired) electrons. The summed E-state index contributed by atoms with van der Waals surface area (Å²) >= 11 is 1.27. The number of hydrogen-bond donors (Lipinski definition) is 0. The molecule has 3 aromatic carbocycles. The number of anilines is 1. The van der Waals surface area contributed by atoms with Crippen LogP contribution < -0.4 is 14.7 Å². The van der Waals surface area contributed by atoms with Gasteiger partial charge in [0, 0.05) is 5.56 Å². The lowest BCUT2D eigenvalue weighted by molar-refractivity contribution is -0.307. The highest BCUT2D eigenvalue weighted by molar-refractivity contribution is 8.19. The molecule has 0 atom stereocenters. The standard InChI is InChI=1S/C28H26N2O4S/c1-17-9-11-22(13-19(17)3)29-28-30(23-12-10-18(2)20(4)14-23)27(33)25(35-28)15-21-7-5-6-8-24(21)34-16-26(31)32/h5-15H,16H2,1-4H3,(H,31,32)/p-1. The second-order valence-corrected chi connectivity index (χ2v) is 9.39. The van der Waals surface area contributed by atoms with E-state index < -0.39 is 12.6 Å². The third-order valence-corrected chi connectivity index (χ3v) is 6.79. The van der Waals surface area contributed by atoms with Crippen LogP contribution in [0.5, 0.6) is 5.75 Å². The molecule has 7 heteroatoms. The number of nitrogens with zero attached hydrogens (tertiary/aromatic N) is 2. The number of amidine groups is 1. The molecule has 1 aliphatic rings. The summed E-state index contributed by atoms with van der Waals surface area (Å²) in [5.74, 6) is -1.17. The molecule has 0 bridgehead atoms. The summed E-state index contributed by atoms with van der Waals surface area (Å²) in [6, 6.07) is 18.8. The molecule has 1 fully saturated rings. The number of rotatable bonds is 6. The fraction of sp³-hybridized carbons (Fsp3) is 0.179. The number of benzene rings is 3. The van der Waals surface area contributed by atoms with Gasteiger partial charge in [-0.15, -0.1) is 0 Å². The van der Waals surface area contributed by atoms with Crippen LogP contribution in [0.1, 0.15) is 27.8 Å². The van der Waals surface area contributed by atoms with Gasteiger partial charge in [0.15, 0.2) is 5.17 Å². The number of aryl methyl sites for hydroxylation is 4. The van der Waals surface area contributed by atoms with Gasteiger partial charge in [0.25, 0.3) is 5.91 Å². The van der Waals surface area contributed by atoms with Crippen molar-refractivity contribution in [2.45, 2.75) is 27.7 Å². The Labute approximate surface area is 209 Å². The predicted octanol–water partition coefficient (Wildman–Crippen LogP) is 4.86. The van der Waals surface area contributed by atoms with E-state index in [2.05, 4.69) is 0 Å². The molecule has 1 aliphatic heterocycles. The Morgan fingerprint density at radius 2 is 1.66 bits per heavy atom. The van der Waals surface area contributed by atoms with Crippen LogP contribution >= 0.6 is 11.8 Å². The summed E-state index contributed by atoms with van der Waals surface area (Å²) in [7, 11) is 0. The first-order valence-electron chi connectivity index (χ1n) is 11.1. The third-order valence-electron chi connectivity index (χ3n) is 5.82. The second-order valence-electron chi connectivity index (χ2n) is 8.38. The Kier molecular flexibility index (Phi) is 7.07. The number of hydrogen-bond acceptors (Lipinski definition) is 6. The summed E-state index contributed by atoms with van der Waals surface area (Å²) in [4.78, 5) is 31.4. The Balaban J connectivity index is 1.78. The molecule has 178 valence electrons. The lowest BCUT2D eigenvalue weighted by Gasteiger charge is -2.17. The SMILES string of the molecule is Cc1ccc(N=C2SC(=Cc3ccccc3OCC(=O)[O-])C(=O)N2c2ccc(C)c(C)c2)cc1C. The highest BCUT2D eigenvalue weighted by Crippen LogP contribution is 2.39. The van der Waals surface area contributed by atoms with E-state index in [9.17, 15) is 14.7 Å². The highest BCUT2D eigenvalue weighted by Gasteiger charge is 2.35. The number of carbonyl (C=O) groups is 2. The maximum Gasteiger partial charge on any atom is 0.271 e. The van der Waals surface area contributed by atoms with Crippen LogP contribution in [0.15, 0.2) is 70.6 Å². The molecule has 4 rings (SSSR count). The van der Waals surface area contributed by atoms with Crippen LogP contribution in [-0.4, -0.2) is 23.7 Å². The second kappa shape index (κ2) is 10.2. The van der Waals surface area contributed by atoms with E-state index >= 15 is 0 Å². The lowest BCUT2D eigenvalue weighted by Crippen LogP contribution is -2.29. The number of aliphatic imine (C=N–C) groups is 1. The third kappa shape index (κ3) is 5.46. The minimum atomic E-state index is -1.32. The zero-order valence-electron chi connectivity index (χ0n) is 20.0. The van der Waals surface area contributed by atoms with Crippen molar-refractivity contribution in [1.29, 1.82) is 0 Å². The normalized spacial score (nSPS) is 15.8. The van der Waals surface area contributed by atoms with E-state index in [4.69, 9.17) is 9.73 Å². The topological polar surface area (TPSA) is 82.0 Å². The van der Waals surface area contributed by atoms with Crippen LogP contribution in [0.25, 0.3) is 6.08 Å². The Morgan fingerprint density at radius 3 is 2.34 bits per heavy atom. The zero-order valence-corrected chi connectivity index (χ0v) is 20.8. The van der Waals surface area contributed by atoms with E-state index in [-0.39, 0.29) is 5.91 Å². The smallest absolute Gasteiger partial charge is 0.271 e. The summed E-state index contributed by atoms with van der Waals surface area (Å²) in [5, 5.41) is 11.4. The van der Waals surface area contributed by atoms with Gasteiger partial charge in [-0.2, -0.15) is 0 Å². The number of carboxylic acid groups (broad SMARTS) is 1. The first-order chi connectivity index (χ1) is 16.7. The number of thioether (sulfide) groups is 1. The van der Waals surface area contributed by atoms with Crippen LogP contribution in [0.3, 0.4) is 0 Å². The van der Waals surface area contributed by atoms with Gasteiger partial charge < -0.3 is 14.6 Å². The maximum atomic E-state index is 13.6. The molecule has 6 nitrogen and oxygen atoms in total. The molecular weight excluding hydrogens is 460 g/mol. The number of amides is 1. The van der Waals surface area contributed by atoms with Gasteiger partial charge >= 0.3 is 0 Å². The van der Waals surface area contributed by atoms with Crippen molar-refractivity contribution in [3.05, 3.63) is 93.4 Å². The van der Waals surface area contributed by atoms with Gasteiger partial charge in [-0.25, -0.2) is 4.99 Å². The van der Waals surface area contributed by atoms with Crippen molar-refractivity contribution in [3.63, 3.8) is 0 Å². The van der Waals surface area contributed by atoms with Crippen LogP contribution in [0.2, 0.25) is 0 Å². The monoisotopic (exact) mass is 485 g/mol. The number of carboxylic acids is 1. The number of aliphatic carboxylic acids is 1. The van der Waals surface area contributed by atoms with Crippen molar-refractivity contribution >= 4 is 46.3 Å². The predicted molar refractivity (Wildman–Crippen MR) is 139 cm³/mol. The van der Waals surface area contributed by atoms with Crippen molar-refractivity contribution in [2.75, 3.05) is 11.5 Å². The van der Waals surface area contributed by atoms with Gasteiger partial charge in [-0.05, 0) is 98.1 Å². The molecule has 0 aliphatic carbocycles. The van der Waals surface area contributed by atoms with Gasteiger partial charge in [-0.3, -0.25) is 9.69 Å². The fourth-order valence-corrected chi connectivity index (χ4v) is 4.55. The first-order valence-corrected chi connectivity index (χ1v) is 11.9. The summed E-state index contributed by atoms with van der Waals surface area (Å²) in [6.07, 6.45) is 1.70. The Bertz CT molecular complexity index is 1380. The summed E-state index contributed by atoms with van der Waals surface area (Å²) < 4.78 is 5.36. The number of carbonyl (C=O) groups excluding carboxylic acids is 2. The highest BCUT2D eigenvalue weighted by atomic mass is 32.2. The molecule has 0 spiro atoms. The lowest BCUT2D eigenvalue weighted by atomic mass is 10.1. The van der Waals surface area contributed by atoms with E-state index in [0.717, 1.165) is 28.1 Å². The van der Waals surface area contributed by atoms with Crippen LogP contribution in [0, 0.1) is 27.7 Å². The van der Waals surface area contributed by atoms with E-state index in [1.165, 1.54) is 17.3 Å². The Morgan fingerprint density at radius 1 is 0.971 bits per heavy atom. The van der Waals surface area contributed by atoms with E-state index in [1.54, 1.807) is 35.2 Å². The van der Waals surface area contributed by atoms with E-state index in [1.807, 2.05) is 64.1 Å². The van der Waals surface area contributed by atoms with Crippen molar-refractivity contribution in [3.8, 4) is 5.75 Å². The molecule has 0 saturated carbocycles. The van der Waals surface area contributed by atoms with Gasteiger partial charge in [0.2, 0.25) is 0 Å². The minimum absolute atomic E-state index is 0.212. The molecule has 1 heterocycles. The maximum absolute atomic E-state index is 13.6. The minimum Gasteiger partial charge on any atom is -0.546 e. The first kappa shape index (κ1) is 24.3. The average molecular weight is 486 g/mol. The molecule has 1 amide bonds. The molecule has 1 saturated heterocycles. The molecule has 35 heavy (non-hydrogen) atoms. The quantitative estimate of drug-likeness (QED) is 0.466. The van der Waals surface area contributed by atoms with Crippen molar-refractivity contribution in [1.82, 2.24) is 0 Å². The van der Waals surface area contributed by atoms with Gasteiger partial charge in [-0.1, -0.05) is 30.3 Å². The van der Waals surface area contributed by atoms with Gasteiger partial charge in [0.1, 0.15) is 12.4 Å².